The van der Waals surface area contributed by atoms with E-state index in [2.05, 4.69) is 28.3 Å². The normalized spacial score (nSPS) is 24.1. The van der Waals surface area contributed by atoms with Gasteiger partial charge < -0.3 is 5.32 Å². The Hall–Kier alpha value is -1.64. The Labute approximate surface area is 108 Å². The summed E-state index contributed by atoms with van der Waals surface area (Å²) in [6, 6.07) is 8.75. The average Bonchev–Trinajstić information content (AvgIpc) is 2.42. The van der Waals surface area contributed by atoms with Crippen LogP contribution in [0, 0.1) is 5.92 Å². The molecule has 3 heteroatoms. The molecule has 0 radical (unpaired) electrons. The summed E-state index contributed by atoms with van der Waals surface area (Å²) in [5.41, 5.74) is 1.01. The topological polar surface area (TPSA) is 37.8 Å². The third kappa shape index (κ3) is 2.30. The highest BCUT2D eigenvalue weighted by atomic mass is 15.0. The highest BCUT2D eigenvalue weighted by Gasteiger charge is 2.18. The van der Waals surface area contributed by atoms with Gasteiger partial charge in [-0.3, -0.25) is 0 Å². The SMILES string of the molecule is CC1CCC(Nc2ncnc3ccccc23)CC1. The van der Waals surface area contributed by atoms with Crippen molar-refractivity contribution in [2.45, 2.75) is 38.6 Å². The molecule has 94 valence electrons. The third-order valence-electron chi connectivity index (χ3n) is 3.90. The predicted molar refractivity (Wildman–Crippen MR) is 74.6 cm³/mol. The van der Waals surface area contributed by atoms with Crippen LogP contribution in [0.5, 0.6) is 0 Å². The Morgan fingerprint density at radius 3 is 2.67 bits per heavy atom. The summed E-state index contributed by atoms with van der Waals surface area (Å²) < 4.78 is 0. The van der Waals surface area contributed by atoms with Crippen LogP contribution in [0.4, 0.5) is 5.82 Å². The Morgan fingerprint density at radius 2 is 1.83 bits per heavy atom. The number of aromatic nitrogens is 2. The fourth-order valence-corrected chi connectivity index (χ4v) is 2.72. The second-order valence-corrected chi connectivity index (χ2v) is 5.34. The minimum atomic E-state index is 0.569. The largest absolute Gasteiger partial charge is 0.367 e. The molecular formula is C15H19N3. The number of nitrogens with zero attached hydrogens (tertiary/aromatic N) is 2. The predicted octanol–water partition coefficient (Wildman–Crippen LogP) is 3.62. The molecule has 3 rings (SSSR count). The first kappa shape index (κ1) is 11.5. The second-order valence-electron chi connectivity index (χ2n) is 5.34. The number of fused-ring (bicyclic) bond motifs is 1. The quantitative estimate of drug-likeness (QED) is 0.872. The van der Waals surface area contributed by atoms with E-state index < -0.39 is 0 Å². The molecular weight excluding hydrogens is 222 g/mol. The number of hydrogen-bond donors (Lipinski definition) is 1. The molecule has 1 fully saturated rings. The fourth-order valence-electron chi connectivity index (χ4n) is 2.72. The maximum Gasteiger partial charge on any atom is 0.137 e. The van der Waals surface area contributed by atoms with Crippen molar-refractivity contribution in [1.29, 1.82) is 0 Å². The molecule has 0 saturated heterocycles. The standard InChI is InChI=1S/C15H19N3/c1-11-6-8-12(9-7-11)18-15-13-4-2-3-5-14(13)16-10-17-15/h2-5,10-12H,6-9H2,1H3,(H,16,17,18). The molecule has 0 atom stereocenters. The monoisotopic (exact) mass is 241 g/mol. The maximum atomic E-state index is 4.40. The van der Waals surface area contributed by atoms with Crippen molar-refractivity contribution in [3.63, 3.8) is 0 Å². The number of hydrogen-bond acceptors (Lipinski definition) is 3. The molecule has 1 aliphatic rings. The van der Waals surface area contributed by atoms with Crippen molar-refractivity contribution in [2.24, 2.45) is 5.92 Å². The summed E-state index contributed by atoms with van der Waals surface area (Å²) >= 11 is 0. The maximum absolute atomic E-state index is 4.40. The number of nitrogens with one attached hydrogen (secondary N) is 1. The lowest BCUT2D eigenvalue weighted by molar-refractivity contribution is 0.361. The van der Waals surface area contributed by atoms with Gasteiger partial charge >= 0.3 is 0 Å². The Kier molecular flexibility index (Phi) is 3.13. The van der Waals surface area contributed by atoms with Gasteiger partial charge in [-0.2, -0.15) is 0 Å². The smallest absolute Gasteiger partial charge is 0.137 e. The minimum absolute atomic E-state index is 0.569. The molecule has 0 unspecified atom stereocenters. The van der Waals surface area contributed by atoms with Crippen molar-refractivity contribution in [2.75, 3.05) is 5.32 Å². The number of rotatable bonds is 2. The van der Waals surface area contributed by atoms with Crippen LogP contribution in [-0.4, -0.2) is 16.0 Å². The van der Waals surface area contributed by atoms with Crippen molar-refractivity contribution in [3.05, 3.63) is 30.6 Å². The molecule has 1 aromatic heterocycles. The van der Waals surface area contributed by atoms with Crippen molar-refractivity contribution < 1.29 is 0 Å². The molecule has 1 aliphatic carbocycles. The summed E-state index contributed by atoms with van der Waals surface area (Å²) in [5.74, 6) is 1.87. The van der Waals surface area contributed by atoms with E-state index in [9.17, 15) is 0 Å². The Morgan fingerprint density at radius 1 is 1.06 bits per heavy atom. The van der Waals surface area contributed by atoms with Crippen LogP contribution in [0.3, 0.4) is 0 Å². The van der Waals surface area contributed by atoms with Gasteiger partial charge in [0.05, 0.1) is 5.52 Å². The lowest BCUT2D eigenvalue weighted by atomic mass is 9.87. The van der Waals surface area contributed by atoms with Gasteiger partial charge in [0.15, 0.2) is 0 Å². The zero-order valence-corrected chi connectivity index (χ0v) is 10.8. The molecule has 1 heterocycles. The van der Waals surface area contributed by atoms with E-state index in [0.29, 0.717) is 6.04 Å². The second kappa shape index (κ2) is 4.92. The van der Waals surface area contributed by atoms with Gasteiger partial charge in [-0.1, -0.05) is 19.1 Å². The first-order chi connectivity index (χ1) is 8.83. The molecule has 0 aliphatic heterocycles. The highest BCUT2D eigenvalue weighted by molar-refractivity contribution is 5.88. The lowest BCUT2D eigenvalue weighted by Gasteiger charge is -2.27. The average molecular weight is 241 g/mol. The Balaban J connectivity index is 1.82. The van der Waals surface area contributed by atoms with Gasteiger partial charge in [0.25, 0.3) is 0 Å². The summed E-state index contributed by atoms with van der Waals surface area (Å²) in [5, 5.41) is 4.72. The number of anilines is 1. The van der Waals surface area contributed by atoms with Crippen molar-refractivity contribution >= 4 is 16.7 Å². The van der Waals surface area contributed by atoms with Crippen LogP contribution in [-0.2, 0) is 0 Å². The minimum Gasteiger partial charge on any atom is -0.367 e. The molecule has 0 amide bonds. The lowest BCUT2D eigenvalue weighted by Crippen LogP contribution is -2.25. The van der Waals surface area contributed by atoms with Crippen molar-refractivity contribution in [1.82, 2.24) is 9.97 Å². The van der Waals surface area contributed by atoms with Gasteiger partial charge in [0, 0.05) is 11.4 Å². The molecule has 0 bridgehead atoms. The first-order valence-corrected chi connectivity index (χ1v) is 6.79. The number of benzene rings is 1. The summed E-state index contributed by atoms with van der Waals surface area (Å²) in [6.07, 6.45) is 6.79. The molecule has 1 aromatic carbocycles. The van der Waals surface area contributed by atoms with Gasteiger partial charge in [0.1, 0.15) is 12.1 Å². The van der Waals surface area contributed by atoms with Gasteiger partial charge in [-0.15, -0.1) is 0 Å². The molecule has 0 spiro atoms. The van der Waals surface area contributed by atoms with Crippen LogP contribution in [0.1, 0.15) is 32.6 Å². The van der Waals surface area contributed by atoms with Crippen LogP contribution in [0.2, 0.25) is 0 Å². The fraction of sp³-hybridized carbons (Fsp3) is 0.467. The van der Waals surface area contributed by atoms with Crippen LogP contribution in [0.15, 0.2) is 30.6 Å². The van der Waals surface area contributed by atoms with E-state index in [1.807, 2.05) is 18.2 Å². The summed E-state index contributed by atoms with van der Waals surface area (Å²) in [6.45, 7) is 2.34. The zero-order valence-electron chi connectivity index (χ0n) is 10.8. The zero-order chi connectivity index (χ0) is 12.4. The number of para-hydroxylation sites is 1. The molecule has 3 nitrogen and oxygen atoms in total. The van der Waals surface area contributed by atoms with Crippen LogP contribution < -0.4 is 5.32 Å². The third-order valence-corrected chi connectivity index (χ3v) is 3.90. The van der Waals surface area contributed by atoms with Gasteiger partial charge in [0.2, 0.25) is 0 Å². The molecule has 18 heavy (non-hydrogen) atoms. The van der Waals surface area contributed by atoms with Gasteiger partial charge in [-0.05, 0) is 43.7 Å². The van der Waals surface area contributed by atoms with Crippen LogP contribution >= 0.6 is 0 Å². The van der Waals surface area contributed by atoms with E-state index in [1.165, 1.54) is 25.7 Å². The molecule has 1 saturated carbocycles. The van der Waals surface area contributed by atoms with Crippen LogP contribution in [0.25, 0.3) is 10.9 Å². The first-order valence-electron chi connectivity index (χ1n) is 6.79. The Bertz CT molecular complexity index is 525. The highest BCUT2D eigenvalue weighted by Crippen LogP contribution is 2.27. The summed E-state index contributed by atoms with van der Waals surface area (Å²) in [4.78, 5) is 8.69. The molecule has 2 aromatic rings. The van der Waals surface area contributed by atoms with E-state index in [4.69, 9.17) is 0 Å². The van der Waals surface area contributed by atoms with Crippen molar-refractivity contribution in [3.8, 4) is 0 Å². The van der Waals surface area contributed by atoms with Gasteiger partial charge in [-0.25, -0.2) is 9.97 Å². The van der Waals surface area contributed by atoms with E-state index in [1.54, 1.807) is 6.33 Å². The van der Waals surface area contributed by atoms with E-state index in [-0.39, 0.29) is 0 Å². The molecule has 1 N–H and O–H groups in total. The summed E-state index contributed by atoms with van der Waals surface area (Å²) in [7, 11) is 0. The van der Waals surface area contributed by atoms with E-state index >= 15 is 0 Å². The van der Waals surface area contributed by atoms with E-state index in [0.717, 1.165) is 22.6 Å².